The molecule has 1 unspecified atom stereocenters. The Labute approximate surface area is 211 Å². The lowest BCUT2D eigenvalue weighted by atomic mass is 9.80. The van der Waals surface area contributed by atoms with Gasteiger partial charge in [-0.2, -0.15) is 0 Å². The molecule has 1 aromatic carbocycles. The third-order valence-electron chi connectivity index (χ3n) is 5.89. The molecule has 35 heavy (non-hydrogen) atoms. The van der Waals surface area contributed by atoms with E-state index in [-0.39, 0.29) is 19.3 Å². The molecule has 0 aliphatic carbocycles. The highest BCUT2D eigenvalue weighted by Gasteiger charge is 2.39. The first-order chi connectivity index (χ1) is 16.6. The molecule has 2 aromatic rings. The maximum atomic E-state index is 13.3. The van der Waals surface area contributed by atoms with Crippen molar-refractivity contribution in [3.63, 3.8) is 0 Å². The molecule has 0 bridgehead atoms. The number of carbonyl (C=O) groups excluding carboxylic acids is 2. The van der Waals surface area contributed by atoms with Gasteiger partial charge in [-0.05, 0) is 65.3 Å². The number of carbonyl (C=O) groups is 2. The number of esters is 2. The van der Waals surface area contributed by atoms with Crippen molar-refractivity contribution in [2.75, 3.05) is 20.3 Å². The number of halogens is 1. The monoisotopic (exact) mass is 500 g/mol. The Kier molecular flexibility index (Phi) is 8.46. The van der Waals surface area contributed by atoms with Gasteiger partial charge < -0.3 is 24.1 Å². The van der Waals surface area contributed by atoms with E-state index < -0.39 is 17.9 Å². The molecular weight excluding hydrogens is 468 g/mol. The van der Waals surface area contributed by atoms with Gasteiger partial charge >= 0.3 is 11.9 Å². The standard InChI is InChI=1S/C27H33ClN2O5/c1-15(2)35-27(32)23-19(6)29-18(5)22(26(31)34-14-13-33-7)24(23)20-9-8-10-21(25(20)28)30-16(3)11-12-17(30)4/h8-12,15,24,29H,13-14H2,1-7H3. The molecular formula is C27H33ClN2O5. The van der Waals surface area contributed by atoms with Gasteiger partial charge in [0.2, 0.25) is 0 Å². The molecule has 7 nitrogen and oxygen atoms in total. The number of ether oxygens (including phenoxy) is 3. The summed E-state index contributed by atoms with van der Waals surface area (Å²) in [5, 5.41) is 3.61. The number of rotatable bonds is 8. The fourth-order valence-electron chi connectivity index (χ4n) is 4.40. The Bertz CT molecular complexity index is 1170. The summed E-state index contributed by atoms with van der Waals surface area (Å²) in [5.41, 5.74) is 5.23. The van der Waals surface area contributed by atoms with Crippen molar-refractivity contribution < 1.29 is 23.8 Å². The lowest BCUT2D eigenvalue weighted by Crippen LogP contribution is -2.33. The van der Waals surface area contributed by atoms with E-state index in [9.17, 15) is 9.59 Å². The van der Waals surface area contributed by atoms with Crippen LogP contribution in [-0.4, -0.2) is 42.9 Å². The average molecular weight is 501 g/mol. The zero-order valence-electron chi connectivity index (χ0n) is 21.3. The highest BCUT2D eigenvalue weighted by atomic mass is 35.5. The van der Waals surface area contributed by atoms with Gasteiger partial charge in [0.1, 0.15) is 6.61 Å². The maximum absolute atomic E-state index is 13.3. The predicted octanol–water partition coefficient (Wildman–Crippen LogP) is 5.12. The van der Waals surface area contributed by atoms with Crippen molar-refractivity contribution >= 4 is 23.5 Å². The number of aromatic nitrogens is 1. The number of allylic oxidation sites excluding steroid dienone is 2. The Morgan fingerprint density at radius 1 is 0.971 bits per heavy atom. The molecule has 2 heterocycles. The number of hydrogen-bond donors (Lipinski definition) is 1. The number of benzene rings is 1. The first-order valence-electron chi connectivity index (χ1n) is 11.6. The van der Waals surface area contributed by atoms with E-state index in [1.165, 1.54) is 7.11 Å². The summed E-state index contributed by atoms with van der Waals surface area (Å²) in [5.74, 6) is -1.84. The first kappa shape index (κ1) is 26.6. The van der Waals surface area contributed by atoms with Crippen LogP contribution in [0.2, 0.25) is 5.02 Å². The van der Waals surface area contributed by atoms with Crippen LogP contribution in [0.25, 0.3) is 5.69 Å². The van der Waals surface area contributed by atoms with Gasteiger partial charge in [-0.3, -0.25) is 0 Å². The smallest absolute Gasteiger partial charge is 0.337 e. The normalized spacial score (nSPS) is 16.0. The Morgan fingerprint density at radius 3 is 2.14 bits per heavy atom. The van der Waals surface area contributed by atoms with Crippen LogP contribution in [0.15, 0.2) is 52.9 Å². The molecule has 0 spiro atoms. The first-order valence-corrected chi connectivity index (χ1v) is 12.0. The third kappa shape index (κ3) is 5.46. The lowest BCUT2D eigenvalue weighted by Gasteiger charge is -2.31. The second-order valence-corrected chi connectivity index (χ2v) is 9.23. The summed E-state index contributed by atoms with van der Waals surface area (Å²) >= 11 is 7.03. The Morgan fingerprint density at radius 2 is 1.57 bits per heavy atom. The molecule has 0 saturated carbocycles. The lowest BCUT2D eigenvalue weighted by molar-refractivity contribution is -0.143. The summed E-state index contributed by atoms with van der Waals surface area (Å²) in [6.45, 7) is 11.5. The minimum Gasteiger partial charge on any atom is -0.460 e. The number of nitrogens with zero attached hydrogens (tertiary/aromatic N) is 1. The van der Waals surface area contributed by atoms with Crippen molar-refractivity contribution in [3.8, 4) is 5.69 Å². The molecule has 1 N–H and O–H groups in total. The average Bonchev–Trinajstić information content (AvgIpc) is 3.10. The van der Waals surface area contributed by atoms with Gasteiger partial charge in [0.05, 0.1) is 40.5 Å². The van der Waals surface area contributed by atoms with Crippen LogP contribution >= 0.6 is 11.6 Å². The fraction of sp³-hybridized carbons (Fsp3) is 0.407. The zero-order chi connectivity index (χ0) is 25.9. The molecule has 3 rings (SSSR count). The summed E-state index contributed by atoms with van der Waals surface area (Å²) < 4.78 is 18.1. The molecule has 188 valence electrons. The minimum absolute atomic E-state index is 0.0861. The van der Waals surface area contributed by atoms with E-state index >= 15 is 0 Å². The molecule has 8 heteroatoms. The van der Waals surface area contributed by atoms with Gasteiger partial charge in [-0.1, -0.05) is 23.7 Å². The number of aryl methyl sites for hydroxylation is 2. The topological polar surface area (TPSA) is 78.8 Å². The summed E-state index contributed by atoms with van der Waals surface area (Å²) in [6, 6.07) is 9.66. The summed E-state index contributed by atoms with van der Waals surface area (Å²) in [4.78, 5) is 26.6. The van der Waals surface area contributed by atoms with Crippen LogP contribution in [0.1, 0.15) is 50.6 Å². The van der Waals surface area contributed by atoms with Gasteiger partial charge in [0.15, 0.2) is 0 Å². The Hall–Kier alpha value is -3.03. The molecule has 0 radical (unpaired) electrons. The molecule has 0 amide bonds. The van der Waals surface area contributed by atoms with Crippen LogP contribution in [0.3, 0.4) is 0 Å². The number of dihydropyridines is 1. The predicted molar refractivity (Wildman–Crippen MR) is 136 cm³/mol. The summed E-state index contributed by atoms with van der Waals surface area (Å²) in [7, 11) is 1.53. The SMILES string of the molecule is COCCOC(=O)C1=C(C)NC(C)=C(C(=O)OC(C)C)C1c1cccc(-n2c(C)ccc2C)c1Cl. The van der Waals surface area contributed by atoms with Gasteiger partial charge in [0.25, 0.3) is 0 Å². The van der Waals surface area contributed by atoms with Crippen LogP contribution < -0.4 is 5.32 Å². The van der Waals surface area contributed by atoms with E-state index in [1.54, 1.807) is 27.7 Å². The highest BCUT2D eigenvalue weighted by Crippen LogP contribution is 2.43. The molecule has 1 atom stereocenters. The van der Waals surface area contributed by atoms with Crippen LogP contribution in [0.4, 0.5) is 0 Å². The van der Waals surface area contributed by atoms with Crippen molar-refractivity contribution in [1.29, 1.82) is 0 Å². The van der Waals surface area contributed by atoms with Crippen molar-refractivity contribution in [2.24, 2.45) is 0 Å². The van der Waals surface area contributed by atoms with Crippen LogP contribution in [0, 0.1) is 13.8 Å². The van der Waals surface area contributed by atoms with Crippen LogP contribution in [0.5, 0.6) is 0 Å². The second-order valence-electron chi connectivity index (χ2n) is 8.85. The van der Waals surface area contributed by atoms with E-state index in [4.69, 9.17) is 25.8 Å². The van der Waals surface area contributed by atoms with E-state index in [1.807, 2.05) is 48.7 Å². The van der Waals surface area contributed by atoms with E-state index in [0.717, 1.165) is 17.1 Å². The van der Waals surface area contributed by atoms with Crippen molar-refractivity contribution in [3.05, 3.63) is 74.8 Å². The van der Waals surface area contributed by atoms with Gasteiger partial charge in [-0.15, -0.1) is 0 Å². The molecule has 1 aromatic heterocycles. The summed E-state index contributed by atoms with van der Waals surface area (Å²) in [6.07, 6.45) is -0.334. The largest absolute Gasteiger partial charge is 0.460 e. The molecule has 0 saturated heterocycles. The number of hydrogen-bond acceptors (Lipinski definition) is 6. The Balaban J connectivity index is 2.22. The molecule has 1 aliphatic rings. The molecule has 0 fully saturated rings. The second kappa shape index (κ2) is 11.1. The quantitative estimate of drug-likeness (QED) is 0.400. The minimum atomic E-state index is -0.777. The van der Waals surface area contributed by atoms with Crippen molar-refractivity contribution in [2.45, 2.75) is 53.6 Å². The number of nitrogens with one attached hydrogen (secondary N) is 1. The maximum Gasteiger partial charge on any atom is 0.337 e. The van der Waals surface area contributed by atoms with Gasteiger partial charge in [-0.25, -0.2) is 9.59 Å². The van der Waals surface area contributed by atoms with Crippen LogP contribution in [-0.2, 0) is 23.8 Å². The van der Waals surface area contributed by atoms with Crippen molar-refractivity contribution in [1.82, 2.24) is 9.88 Å². The third-order valence-corrected chi connectivity index (χ3v) is 6.31. The van der Waals surface area contributed by atoms with Gasteiger partial charge in [0, 0.05) is 29.9 Å². The van der Waals surface area contributed by atoms with E-state index in [0.29, 0.717) is 33.1 Å². The zero-order valence-corrected chi connectivity index (χ0v) is 22.1. The number of methoxy groups -OCH3 is 1. The van der Waals surface area contributed by atoms with E-state index in [2.05, 4.69) is 5.32 Å². The highest BCUT2D eigenvalue weighted by molar-refractivity contribution is 6.33. The molecule has 1 aliphatic heterocycles. The fourth-order valence-corrected chi connectivity index (χ4v) is 4.72.